The summed E-state index contributed by atoms with van der Waals surface area (Å²) < 4.78 is 5.41. The van der Waals surface area contributed by atoms with Gasteiger partial charge in [0.15, 0.2) is 0 Å². The number of carboxylic acid groups (broad SMARTS) is 1. The Labute approximate surface area is 120 Å². The zero-order valence-electron chi connectivity index (χ0n) is 12.6. The lowest BCUT2D eigenvalue weighted by Crippen LogP contribution is -2.38. The monoisotopic (exact) mass is 283 g/mol. The Morgan fingerprint density at radius 1 is 1.20 bits per heavy atom. The van der Waals surface area contributed by atoms with Gasteiger partial charge in [0.1, 0.15) is 5.60 Å². The highest BCUT2D eigenvalue weighted by Crippen LogP contribution is 2.45. The van der Waals surface area contributed by atoms with E-state index in [-0.39, 0.29) is 17.4 Å². The minimum Gasteiger partial charge on any atom is -0.481 e. The number of aliphatic carboxylic acids is 1. The second-order valence-corrected chi connectivity index (χ2v) is 7.26. The maximum Gasteiger partial charge on any atom is 0.410 e. The molecular weight excluding hydrogens is 258 g/mol. The molecule has 1 heterocycles. The van der Waals surface area contributed by atoms with Crippen LogP contribution in [0.1, 0.15) is 52.9 Å². The zero-order chi connectivity index (χ0) is 15.0. The molecule has 5 heteroatoms. The molecule has 1 saturated heterocycles. The van der Waals surface area contributed by atoms with Gasteiger partial charge < -0.3 is 14.7 Å². The number of nitrogens with zero attached hydrogens (tertiary/aromatic N) is 1. The van der Waals surface area contributed by atoms with Gasteiger partial charge in [-0.05, 0) is 58.3 Å². The van der Waals surface area contributed by atoms with Crippen LogP contribution in [0.15, 0.2) is 0 Å². The lowest BCUT2D eigenvalue weighted by atomic mass is 9.70. The largest absolute Gasteiger partial charge is 0.481 e. The van der Waals surface area contributed by atoms with Crippen molar-refractivity contribution in [1.29, 1.82) is 0 Å². The van der Waals surface area contributed by atoms with Gasteiger partial charge in [0.25, 0.3) is 0 Å². The van der Waals surface area contributed by atoms with Crippen LogP contribution in [0.3, 0.4) is 0 Å². The van der Waals surface area contributed by atoms with E-state index in [0.29, 0.717) is 6.54 Å². The minimum absolute atomic E-state index is 0.128. The Bertz CT molecular complexity index is 391. The molecule has 0 atom stereocenters. The molecule has 1 amide bonds. The molecular formula is C15H25NO4. The smallest absolute Gasteiger partial charge is 0.410 e. The lowest BCUT2D eigenvalue weighted by Gasteiger charge is -2.35. The fourth-order valence-electron chi connectivity index (χ4n) is 3.30. The average molecular weight is 283 g/mol. The van der Waals surface area contributed by atoms with Crippen molar-refractivity contribution in [3.63, 3.8) is 0 Å². The molecule has 2 aliphatic rings. The van der Waals surface area contributed by atoms with E-state index >= 15 is 0 Å². The number of hydrogen-bond acceptors (Lipinski definition) is 3. The zero-order valence-corrected chi connectivity index (χ0v) is 12.6. The predicted molar refractivity (Wildman–Crippen MR) is 74.5 cm³/mol. The molecule has 0 aromatic rings. The third-order valence-electron chi connectivity index (χ3n) is 4.49. The second kappa shape index (κ2) is 5.26. The summed E-state index contributed by atoms with van der Waals surface area (Å²) >= 11 is 0. The fraction of sp³-hybridized carbons (Fsp3) is 0.867. The molecule has 1 aliphatic carbocycles. The summed E-state index contributed by atoms with van der Waals surface area (Å²) in [6.45, 7) is 7.05. The van der Waals surface area contributed by atoms with E-state index in [1.54, 1.807) is 4.90 Å². The second-order valence-electron chi connectivity index (χ2n) is 7.26. The van der Waals surface area contributed by atoms with E-state index in [2.05, 4.69) is 0 Å². The summed E-state index contributed by atoms with van der Waals surface area (Å²) in [4.78, 5) is 24.9. The molecule has 2 rings (SSSR count). The topological polar surface area (TPSA) is 66.8 Å². The van der Waals surface area contributed by atoms with Gasteiger partial charge in [-0.3, -0.25) is 4.79 Å². The first-order valence-corrected chi connectivity index (χ1v) is 7.42. The Morgan fingerprint density at radius 2 is 1.80 bits per heavy atom. The number of amides is 1. The Kier molecular flexibility index (Phi) is 3.98. The van der Waals surface area contributed by atoms with Crippen LogP contribution in [-0.4, -0.2) is 40.8 Å². The molecule has 1 aliphatic heterocycles. The van der Waals surface area contributed by atoms with Crippen LogP contribution in [0.4, 0.5) is 4.79 Å². The van der Waals surface area contributed by atoms with E-state index < -0.39 is 11.6 Å². The van der Waals surface area contributed by atoms with Gasteiger partial charge in [-0.25, -0.2) is 4.79 Å². The number of ether oxygens (including phenoxy) is 1. The third kappa shape index (κ3) is 3.44. The summed E-state index contributed by atoms with van der Waals surface area (Å²) in [7, 11) is 0. The molecule has 1 spiro atoms. The van der Waals surface area contributed by atoms with Crippen molar-refractivity contribution in [2.75, 3.05) is 13.1 Å². The molecule has 1 N–H and O–H groups in total. The van der Waals surface area contributed by atoms with Crippen LogP contribution in [0.5, 0.6) is 0 Å². The summed E-state index contributed by atoms with van der Waals surface area (Å²) in [5, 5.41) is 9.05. The van der Waals surface area contributed by atoms with Crippen molar-refractivity contribution in [3.05, 3.63) is 0 Å². The van der Waals surface area contributed by atoms with E-state index in [0.717, 1.165) is 38.6 Å². The van der Waals surface area contributed by atoms with Crippen LogP contribution in [-0.2, 0) is 9.53 Å². The van der Waals surface area contributed by atoms with Crippen LogP contribution >= 0.6 is 0 Å². The first-order valence-electron chi connectivity index (χ1n) is 7.42. The van der Waals surface area contributed by atoms with Gasteiger partial charge in [-0.1, -0.05) is 0 Å². The third-order valence-corrected chi connectivity index (χ3v) is 4.49. The minimum atomic E-state index is -0.679. The van der Waals surface area contributed by atoms with Crippen molar-refractivity contribution < 1.29 is 19.4 Å². The summed E-state index contributed by atoms with van der Waals surface area (Å²) in [6, 6.07) is 0. The number of likely N-dealkylation sites (tertiary alicyclic amines) is 1. The van der Waals surface area contributed by atoms with Crippen molar-refractivity contribution in [1.82, 2.24) is 4.90 Å². The van der Waals surface area contributed by atoms with E-state index in [1.807, 2.05) is 20.8 Å². The number of carboxylic acids is 1. The van der Waals surface area contributed by atoms with Crippen LogP contribution < -0.4 is 0 Å². The van der Waals surface area contributed by atoms with Gasteiger partial charge in [-0.2, -0.15) is 0 Å². The predicted octanol–water partition coefficient (Wildman–Crippen LogP) is 2.89. The number of carbonyl (C=O) groups is 2. The Morgan fingerprint density at radius 3 is 2.30 bits per heavy atom. The van der Waals surface area contributed by atoms with Crippen LogP contribution in [0, 0.1) is 11.3 Å². The first-order chi connectivity index (χ1) is 9.21. The normalized spacial score (nSPS) is 30.6. The van der Waals surface area contributed by atoms with E-state index in [1.165, 1.54) is 0 Å². The molecule has 0 radical (unpaired) electrons. The lowest BCUT2D eigenvalue weighted by molar-refractivity contribution is -0.143. The molecule has 1 saturated carbocycles. The standard InChI is InChI=1S/C15H25NO4/c1-14(2,3)20-13(19)16-9-8-15(10-16)6-4-11(5-7-15)12(17)18/h11H,4-10H2,1-3H3,(H,17,18). The highest BCUT2D eigenvalue weighted by Gasteiger charge is 2.44. The molecule has 0 aromatic heterocycles. The summed E-state index contributed by atoms with van der Waals surface area (Å²) in [5.74, 6) is -0.877. The van der Waals surface area contributed by atoms with Crippen molar-refractivity contribution in [3.8, 4) is 0 Å². The Hall–Kier alpha value is -1.26. The molecule has 0 bridgehead atoms. The van der Waals surface area contributed by atoms with Crippen LogP contribution in [0.25, 0.3) is 0 Å². The number of rotatable bonds is 1. The molecule has 114 valence electrons. The maximum atomic E-state index is 12.1. The quantitative estimate of drug-likeness (QED) is 0.803. The van der Waals surface area contributed by atoms with E-state index in [4.69, 9.17) is 9.84 Å². The molecule has 20 heavy (non-hydrogen) atoms. The van der Waals surface area contributed by atoms with Crippen molar-refractivity contribution in [2.45, 2.75) is 58.5 Å². The van der Waals surface area contributed by atoms with Gasteiger partial charge >= 0.3 is 12.1 Å². The highest BCUT2D eigenvalue weighted by atomic mass is 16.6. The molecule has 5 nitrogen and oxygen atoms in total. The molecule has 0 unspecified atom stereocenters. The van der Waals surface area contributed by atoms with Gasteiger partial charge in [-0.15, -0.1) is 0 Å². The van der Waals surface area contributed by atoms with Crippen molar-refractivity contribution >= 4 is 12.1 Å². The van der Waals surface area contributed by atoms with Gasteiger partial charge in [0, 0.05) is 13.1 Å². The first kappa shape index (κ1) is 15.1. The number of hydrogen-bond donors (Lipinski definition) is 1. The van der Waals surface area contributed by atoms with Crippen LogP contribution in [0.2, 0.25) is 0 Å². The summed E-state index contributed by atoms with van der Waals surface area (Å²) in [6.07, 6.45) is 4.01. The Balaban J connectivity index is 1.89. The fourth-order valence-corrected chi connectivity index (χ4v) is 3.30. The maximum absolute atomic E-state index is 12.1. The SMILES string of the molecule is CC(C)(C)OC(=O)N1CCC2(CCC(C(=O)O)CC2)C1. The number of carbonyl (C=O) groups excluding carboxylic acids is 1. The van der Waals surface area contributed by atoms with E-state index in [9.17, 15) is 9.59 Å². The molecule has 2 fully saturated rings. The average Bonchev–Trinajstić information content (AvgIpc) is 2.72. The van der Waals surface area contributed by atoms with Crippen molar-refractivity contribution in [2.24, 2.45) is 11.3 Å². The van der Waals surface area contributed by atoms with Gasteiger partial charge in [0.2, 0.25) is 0 Å². The molecule has 0 aromatic carbocycles. The summed E-state index contributed by atoms with van der Waals surface area (Å²) in [5.41, 5.74) is -0.337. The highest BCUT2D eigenvalue weighted by molar-refractivity contribution is 5.70. The van der Waals surface area contributed by atoms with Gasteiger partial charge in [0.05, 0.1) is 5.92 Å².